The van der Waals surface area contributed by atoms with Crippen LogP contribution in [0.3, 0.4) is 0 Å². The van der Waals surface area contributed by atoms with Crippen LogP contribution in [-0.4, -0.2) is 22.4 Å². The van der Waals surface area contributed by atoms with E-state index in [1.165, 1.54) is 6.20 Å². The van der Waals surface area contributed by atoms with Gasteiger partial charge in [-0.15, -0.1) is 0 Å². The Morgan fingerprint density at radius 2 is 1.95 bits per heavy atom. The number of hydrogen-bond donors (Lipinski definition) is 2. The molecule has 5 nitrogen and oxygen atoms in total. The van der Waals surface area contributed by atoms with Crippen molar-refractivity contribution in [3.63, 3.8) is 0 Å². The van der Waals surface area contributed by atoms with Crippen molar-refractivity contribution in [2.75, 3.05) is 17.2 Å². The monoisotopic (exact) mass is 298 g/mol. The van der Waals surface area contributed by atoms with Gasteiger partial charge in [0.2, 0.25) is 0 Å². The fraction of sp³-hybridized carbons (Fsp3) is 0.353. The maximum absolute atomic E-state index is 12.2. The van der Waals surface area contributed by atoms with Crippen LogP contribution in [0.15, 0.2) is 30.6 Å². The highest BCUT2D eigenvalue weighted by Gasteiger charge is 2.10. The van der Waals surface area contributed by atoms with Crippen LogP contribution < -0.4 is 10.6 Å². The molecular formula is C17H22N4O. The van der Waals surface area contributed by atoms with Gasteiger partial charge in [0, 0.05) is 12.2 Å². The number of rotatable bonds is 5. The predicted molar refractivity (Wildman–Crippen MR) is 89.2 cm³/mol. The van der Waals surface area contributed by atoms with Crippen LogP contribution in [0.5, 0.6) is 0 Å². The lowest BCUT2D eigenvalue weighted by atomic mass is 10.1. The van der Waals surface area contributed by atoms with Crippen molar-refractivity contribution in [1.29, 1.82) is 0 Å². The molecule has 0 radical (unpaired) electrons. The standard InChI is InChI=1S/C17H22N4O/c1-11(2)8-19-16-10-18-15(9-20-16)17(22)21-14-7-5-6-12(3)13(14)4/h5-7,9-11H,8H2,1-4H3,(H,19,20)(H,21,22). The Hall–Kier alpha value is -2.43. The van der Waals surface area contributed by atoms with Crippen LogP contribution in [0.25, 0.3) is 0 Å². The first-order chi connectivity index (χ1) is 10.5. The van der Waals surface area contributed by atoms with Gasteiger partial charge in [0.25, 0.3) is 5.91 Å². The van der Waals surface area contributed by atoms with E-state index in [9.17, 15) is 4.79 Å². The SMILES string of the molecule is Cc1cccc(NC(=O)c2cnc(NCC(C)C)cn2)c1C. The fourth-order valence-corrected chi connectivity index (χ4v) is 1.92. The Kier molecular flexibility index (Phi) is 5.09. The Balaban J connectivity index is 2.05. The second-order valence-corrected chi connectivity index (χ2v) is 5.76. The summed E-state index contributed by atoms with van der Waals surface area (Å²) >= 11 is 0. The summed E-state index contributed by atoms with van der Waals surface area (Å²) in [4.78, 5) is 20.6. The third kappa shape index (κ3) is 4.04. The topological polar surface area (TPSA) is 66.9 Å². The highest BCUT2D eigenvalue weighted by atomic mass is 16.1. The van der Waals surface area contributed by atoms with Crippen molar-refractivity contribution < 1.29 is 4.79 Å². The number of nitrogens with one attached hydrogen (secondary N) is 2. The Morgan fingerprint density at radius 3 is 2.59 bits per heavy atom. The lowest BCUT2D eigenvalue weighted by molar-refractivity contribution is 0.102. The zero-order valence-electron chi connectivity index (χ0n) is 13.5. The quantitative estimate of drug-likeness (QED) is 0.887. The highest BCUT2D eigenvalue weighted by Crippen LogP contribution is 2.18. The van der Waals surface area contributed by atoms with Crippen molar-refractivity contribution in [2.24, 2.45) is 5.92 Å². The van der Waals surface area contributed by atoms with Crippen LogP contribution in [0.1, 0.15) is 35.5 Å². The third-order valence-corrected chi connectivity index (χ3v) is 3.43. The highest BCUT2D eigenvalue weighted by molar-refractivity contribution is 6.03. The first kappa shape index (κ1) is 15.9. The molecule has 0 saturated carbocycles. The van der Waals surface area contributed by atoms with E-state index in [-0.39, 0.29) is 5.91 Å². The van der Waals surface area contributed by atoms with Gasteiger partial charge < -0.3 is 10.6 Å². The summed E-state index contributed by atoms with van der Waals surface area (Å²) < 4.78 is 0. The van der Waals surface area contributed by atoms with E-state index in [4.69, 9.17) is 0 Å². The van der Waals surface area contributed by atoms with Crippen LogP contribution in [-0.2, 0) is 0 Å². The molecule has 0 spiro atoms. The maximum Gasteiger partial charge on any atom is 0.275 e. The van der Waals surface area contributed by atoms with E-state index in [1.54, 1.807) is 6.20 Å². The second kappa shape index (κ2) is 7.02. The van der Waals surface area contributed by atoms with Gasteiger partial charge >= 0.3 is 0 Å². The Morgan fingerprint density at radius 1 is 1.18 bits per heavy atom. The molecule has 0 atom stereocenters. The van der Waals surface area contributed by atoms with Crippen molar-refractivity contribution >= 4 is 17.4 Å². The molecule has 1 aromatic carbocycles. The van der Waals surface area contributed by atoms with Crippen LogP contribution in [0.2, 0.25) is 0 Å². The molecule has 0 aliphatic carbocycles. The molecule has 1 heterocycles. The summed E-state index contributed by atoms with van der Waals surface area (Å²) in [5.74, 6) is 0.947. The molecule has 0 fully saturated rings. The van der Waals surface area contributed by atoms with Crippen LogP contribution in [0, 0.1) is 19.8 Å². The van der Waals surface area contributed by atoms with Crippen LogP contribution in [0.4, 0.5) is 11.5 Å². The van der Waals surface area contributed by atoms with Crippen molar-refractivity contribution in [2.45, 2.75) is 27.7 Å². The molecule has 5 heteroatoms. The molecule has 2 aromatic rings. The molecule has 0 bridgehead atoms. The van der Waals surface area contributed by atoms with E-state index in [2.05, 4.69) is 34.4 Å². The first-order valence-electron chi connectivity index (χ1n) is 7.41. The average molecular weight is 298 g/mol. The molecule has 0 saturated heterocycles. The van der Waals surface area contributed by atoms with Crippen molar-refractivity contribution in [3.05, 3.63) is 47.4 Å². The minimum absolute atomic E-state index is 0.253. The first-order valence-corrected chi connectivity index (χ1v) is 7.41. The number of benzene rings is 1. The lowest BCUT2D eigenvalue weighted by Crippen LogP contribution is -2.16. The minimum Gasteiger partial charge on any atom is -0.369 e. The Bertz CT molecular complexity index is 650. The zero-order valence-corrected chi connectivity index (χ0v) is 13.5. The lowest BCUT2D eigenvalue weighted by Gasteiger charge is -2.10. The summed E-state index contributed by atoms with van der Waals surface area (Å²) in [5, 5.41) is 6.05. The summed E-state index contributed by atoms with van der Waals surface area (Å²) in [6.45, 7) is 9.05. The zero-order chi connectivity index (χ0) is 16.1. The van der Waals surface area contributed by atoms with Gasteiger partial charge in [0.05, 0.1) is 12.4 Å². The van der Waals surface area contributed by atoms with Gasteiger partial charge in [-0.2, -0.15) is 0 Å². The molecule has 22 heavy (non-hydrogen) atoms. The van der Waals surface area contributed by atoms with E-state index < -0.39 is 0 Å². The number of aromatic nitrogens is 2. The van der Waals surface area contributed by atoms with E-state index >= 15 is 0 Å². The third-order valence-electron chi connectivity index (χ3n) is 3.43. The molecule has 116 valence electrons. The number of carbonyl (C=O) groups excluding carboxylic acids is 1. The number of carbonyl (C=O) groups is 1. The Labute approximate surface area is 131 Å². The molecule has 2 rings (SSSR count). The summed E-state index contributed by atoms with van der Waals surface area (Å²) in [5.41, 5.74) is 3.29. The molecule has 0 aliphatic rings. The van der Waals surface area contributed by atoms with Crippen molar-refractivity contribution in [1.82, 2.24) is 9.97 Å². The van der Waals surface area contributed by atoms with Gasteiger partial charge in [-0.05, 0) is 37.0 Å². The van der Waals surface area contributed by atoms with Gasteiger partial charge in [-0.3, -0.25) is 4.79 Å². The normalized spacial score (nSPS) is 10.6. The van der Waals surface area contributed by atoms with E-state index in [0.29, 0.717) is 17.4 Å². The second-order valence-electron chi connectivity index (χ2n) is 5.76. The number of anilines is 2. The van der Waals surface area contributed by atoms with E-state index in [1.807, 2.05) is 32.0 Å². The van der Waals surface area contributed by atoms with Gasteiger partial charge in [0.1, 0.15) is 11.5 Å². The minimum atomic E-state index is -0.253. The largest absolute Gasteiger partial charge is 0.369 e. The molecule has 2 N–H and O–H groups in total. The van der Waals surface area contributed by atoms with Crippen molar-refractivity contribution in [3.8, 4) is 0 Å². The number of amides is 1. The number of hydrogen-bond acceptors (Lipinski definition) is 4. The van der Waals surface area contributed by atoms with Crippen LogP contribution >= 0.6 is 0 Å². The fourth-order valence-electron chi connectivity index (χ4n) is 1.92. The smallest absolute Gasteiger partial charge is 0.275 e. The molecule has 1 amide bonds. The number of nitrogens with zero attached hydrogens (tertiary/aromatic N) is 2. The molecule has 0 aliphatic heterocycles. The average Bonchev–Trinajstić information content (AvgIpc) is 2.50. The molecule has 1 aromatic heterocycles. The molecule has 0 unspecified atom stereocenters. The van der Waals surface area contributed by atoms with E-state index in [0.717, 1.165) is 23.4 Å². The molecular weight excluding hydrogens is 276 g/mol. The van der Waals surface area contributed by atoms with Gasteiger partial charge in [0.15, 0.2) is 0 Å². The van der Waals surface area contributed by atoms with Gasteiger partial charge in [-0.1, -0.05) is 26.0 Å². The summed E-state index contributed by atoms with van der Waals surface area (Å²) in [7, 11) is 0. The summed E-state index contributed by atoms with van der Waals surface area (Å²) in [6, 6.07) is 5.81. The summed E-state index contributed by atoms with van der Waals surface area (Å²) in [6.07, 6.45) is 3.07. The van der Waals surface area contributed by atoms with Gasteiger partial charge in [-0.25, -0.2) is 9.97 Å². The number of aryl methyl sites for hydroxylation is 1. The maximum atomic E-state index is 12.2. The predicted octanol–water partition coefficient (Wildman–Crippen LogP) is 3.41.